The molecule has 2 atom stereocenters. The molecule has 0 saturated heterocycles. The second-order valence-corrected chi connectivity index (χ2v) is 5.35. The third-order valence-electron chi connectivity index (χ3n) is 3.84. The van der Waals surface area contributed by atoms with E-state index < -0.39 is 6.10 Å². The van der Waals surface area contributed by atoms with Gasteiger partial charge in [-0.05, 0) is 25.0 Å². The van der Waals surface area contributed by atoms with E-state index in [4.69, 9.17) is 0 Å². The van der Waals surface area contributed by atoms with E-state index in [2.05, 4.69) is 0 Å². The Morgan fingerprint density at radius 3 is 2.14 bits per heavy atom. The summed E-state index contributed by atoms with van der Waals surface area (Å²) in [6, 6.07) is 17.0. The molecule has 0 aliphatic carbocycles. The first-order valence-corrected chi connectivity index (χ1v) is 7.07. The zero-order valence-electron chi connectivity index (χ0n) is 12.7. The summed E-state index contributed by atoms with van der Waals surface area (Å²) < 4.78 is 0. The molecule has 3 nitrogen and oxygen atoms in total. The minimum absolute atomic E-state index is 0.0866. The smallest absolute Gasteiger partial charge is 0.256 e. The van der Waals surface area contributed by atoms with Crippen LogP contribution in [0.3, 0.4) is 0 Å². The van der Waals surface area contributed by atoms with E-state index in [9.17, 15) is 9.90 Å². The Balaban J connectivity index is 2.13. The Hall–Kier alpha value is -2.13. The number of aryl methyl sites for hydroxylation is 1. The van der Waals surface area contributed by atoms with E-state index in [1.807, 2.05) is 56.3 Å². The quantitative estimate of drug-likeness (QED) is 0.935. The lowest BCUT2D eigenvalue weighted by atomic mass is 10.0. The third-order valence-corrected chi connectivity index (χ3v) is 3.84. The molecule has 0 aliphatic heterocycles. The van der Waals surface area contributed by atoms with E-state index in [0.29, 0.717) is 5.56 Å². The van der Waals surface area contributed by atoms with Crippen molar-refractivity contribution in [2.45, 2.75) is 26.0 Å². The summed E-state index contributed by atoms with van der Waals surface area (Å²) >= 11 is 0. The van der Waals surface area contributed by atoms with Crippen molar-refractivity contribution in [2.24, 2.45) is 0 Å². The van der Waals surface area contributed by atoms with Crippen molar-refractivity contribution >= 4 is 5.91 Å². The number of benzene rings is 2. The predicted molar refractivity (Wildman–Crippen MR) is 83.8 cm³/mol. The van der Waals surface area contributed by atoms with Gasteiger partial charge in [0, 0.05) is 7.05 Å². The number of hydrogen-bond donors (Lipinski definition) is 1. The molecule has 0 spiro atoms. The minimum atomic E-state index is -1.12. The molecule has 110 valence electrons. The molecule has 0 bridgehead atoms. The van der Waals surface area contributed by atoms with Gasteiger partial charge >= 0.3 is 0 Å². The summed E-state index contributed by atoms with van der Waals surface area (Å²) in [4.78, 5) is 14.0. The average molecular weight is 283 g/mol. The van der Waals surface area contributed by atoms with E-state index in [0.717, 1.165) is 5.56 Å². The highest BCUT2D eigenvalue weighted by Gasteiger charge is 2.25. The van der Waals surface area contributed by atoms with Gasteiger partial charge in [-0.25, -0.2) is 0 Å². The van der Waals surface area contributed by atoms with Gasteiger partial charge in [0.2, 0.25) is 0 Å². The first-order valence-electron chi connectivity index (χ1n) is 7.07. The number of aliphatic hydroxyl groups excluding tert-OH is 1. The van der Waals surface area contributed by atoms with Crippen LogP contribution in [-0.4, -0.2) is 23.0 Å². The standard InChI is InChI=1S/C18H21NO2/c1-13-9-11-15(12-10-13)14(2)19(3)18(21)17(20)16-7-5-4-6-8-16/h4-12,14,17,20H,1-3H3. The number of nitrogens with zero attached hydrogens (tertiary/aromatic N) is 1. The molecule has 0 aliphatic rings. The van der Waals surface area contributed by atoms with Crippen LogP contribution in [0, 0.1) is 6.92 Å². The van der Waals surface area contributed by atoms with Gasteiger partial charge in [-0.15, -0.1) is 0 Å². The Labute approximate surface area is 125 Å². The van der Waals surface area contributed by atoms with Crippen molar-refractivity contribution < 1.29 is 9.90 Å². The summed E-state index contributed by atoms with van der Waals surface area (Å²) in [6.07, 6.45) is -1.12. The fourth-order valence-corrected chi connectivity index (χ4v) is 2.23. The van der Waals surface area contributed by atoms with E-state index >= 15 is 0 Å². The summed E-state index contributed by atoms with van der Waals surface area (Å²) in [6.45, 7) is 3.99. The number of carbonyl (C=O) groups excluding carboxylic acids is 1. The Morgan fingerprint density at radius 1 is 1.00 bits per heavy atom. The second kappa shape index (κ2) is 6.55. The van der Waals surface area contributed by atoms with Gasteiger partial charge in [0.05, 0.1) is 6.04 Å². The van der Waals surface area contributed by atoms with Gasteiger partial charge in [0.15, 0.2) is 6.10 Å². The molecule has 0 aromatic heterocycles. The second-order valence-electron chi connectivity index (χ2n) is 5.35. The lowest BCUT2D eigenvalue weighted by Crippen LogP contribution is -2.33. The number of aliphatic hydroxyl groups is 1. The lowest BCUT2D eigenvalue weighted by Gasteiger charge is -2.27. The first-order chi connectivity index (χ1) is 10.0. The molecular weight excluding hydrogens is 262 g/mol. The van der Waals surface area contributed by atoms with Crippen LogP contribution in [0.2, 0.25) is 0 Å². The van der Waals surface area contributed by atoms with Crippen LogP contribution in [-0.2, 0) is 4.79 Å². The maximum Gasteiger partial charge on any atom is 0.256 e. The number of amides is 1. The van der Waals surface area contributed by atoms with Crippen molar-refractivity contribution in [2.75, 3.05) is 7.05 Å². The zero-order valence-corrected chi connectivity index (χ0v) is 12.7. The van der Waals surface area contributed by atoms with Crippen LogP contribution in [0.1, 0.15) is 35.8 Å². The van der Waals surface area contributed by atoms with Crippen molar-refractivity contribution in [3.05, 3.63) is 71.3 Å². The fraction of sp³-hybridized carbons (Fsp3) is 0.278. The first kappa shape index (κ1) is 15.3. The molecule has 0 radical (unpaired) electrons. The van der Waals surface area contributed by atoms with Crippen LogP contribution in [0.4, 0.5) is 0 Å². The van der Waals surface area contributed by atoms with Gasteiger partial charge in [-0.2, -0.15) is 0 Å². The molecule has 2 aromatic rings. The monoisotopic (exact) mass is 283 g/mol. The van der Waals surface area contributed by atoms with E-state index in [-0.39, 0.29) is 11.9 Å². The SMILES string of the molecule is Cc1ccc(C(C)N(C)C(=O)C(O)c2ccccc2)cc1. The number of rotatable bonds is 4. The molecule has 0 saturated carbocycles. The summed E-state index contributed by atoms with van der Waals surface area (Å²) in [7, 11) is 1.72. The van der Waals surface area contributed by atoms with Gasteiger partial charge in [0.1, 0.15) is 0 Å². The molecule has 21 heavy (non-hydrogen) atoms. The summed E-state index contributed by atoms with van der Waals surface area (Å²) in [5, 5.41) is 10.2. The number of likely N-dealkylation sites (N-methyl/N-ethyl adjacent to an activating group) is 1. The molecule has 2 unspecified atom stereocenters. The molecule has 0 fully saturated rings. The van der Waals surface area contributed by atoms with Gasteiger partial charge < -0.3 is 10.0 Å². The van der Waals surface area contributed by atoms with Crippen LogP contribution in [0.25, 0.3) is 0 Å². The van der Waals surface area contributed by atoms with Crippen molar-refractivity contribution in [1.29, 1.82) is 0 Å². The molecule has 1 N–H and O–H groups in total. The Kier molecular flexibility index (Phi) is 4.76. The van der Waals surface area contributed by atoms with Crippen LogP contribution < -0.4 is 0 Å². The zero-order chi connectivity index (χ0) is 15.4. The van der Waals surface area contributed by atoms with E-state index in [1.54, 1.807) is 24.1 Å². The molecular formula is C18H21NO2. The minimum Gasteiger partial charge on any atom is -0.378 e. The molecule has 3 heteroatoms. The van der Waals surface area contributed by atoms with Crippen molar-refractivity contribution in [3.63, 3.8) is 0 Å². The molecule has 2 rings (SSSR count). The largest absolute Gasteiger partial charge is 0.378 e. The maximum atomic E-state index is 12.4. The van der Waals surface area contributed by atoms with Gasteiger partial charge in [-0.3, -0.25) is 4.79 Å². The summed E-state index contributed by atoms with van der Waals surface area (Å²) in [5.41, 5.74) is 2.85. The fourth-order valence-electron chi connectivity index (χ4n) is 2.23. The van der Waals surface area contributed by atoms with E-state index in [1.165, 1.54) is 5.56 Å². The number of hydrogen-bond acceptors (Lipinski definition) is 2. The van der Waals surface area contributed by atoms with Gasteiger partial charge in [0.25, 0.3) is 5.91 Å². The normalized spacial score (nSPS) is 13.5. The molecule has 2 aromatic carbocycles. The molecule has 1 amide bonds. The third kappa shape index (κ3) is 3.50. The van der Waals surface area contributed by atoms with Crippen LogP contribution in [0.5, 0.6) is 0 Å². The Bertz CT molecular complexity index is 592. The van der Waals surface area contributed by atoms with Crippen molar-refractivity contribution in [1.82, 2.24) is 4.90 Å². The lowest BCUT2D eigenvalue weighted by molar-refractivity contribution is -0.141. The average Bonchev–Trinajstić information content (AvgIpc) is 2.53. The highest BCUT2D eigenvalue weighted by atomic mass is 16.3. The summed E-state index contributed by atoms with van der Waals surface area (Å²) in [5.74, 6) is -0.297. The van der Waals surface area contributed by atoms with Crippen LogP contribution >= 0.6 is 0 Å². The highest BCUT2D eigenvalue weighted by Crippen LogP contribution is 2.23. The van der Waals surface area contributed by atoms with Gasteiger partial charge in [-0.1, -0.05) is 60.2 Å². The van der Waals surface area contributed by atoms with Crippen molar-refractivity contribution in [3.8, 4) is 0 Å². The maximum absolute atomic E-state index is 12.4. The molecule has 0 heterocycles. The van der Waals surface area contributed by atoms with Crippen LogP contribution in [0.15, 0.2) is 54.6 Å². The highest BCUT2D eigenvalue weighted by molar-refractivity contribution is 5.82. The number of carbonyl (C=O) groups is 1. The predicted octanol–water partition coefficient (Wildman–Crippen LogP) is 3.25. The topological polar surface area (TPSA) is 40.5 Å². The Morgan fingerprint density at radius 2 is 1.57 bits per heavy atom.